The van der Waals surface area contributed by atoms with E-state index in [1.165, 1.54) is 40.1 Å². The van der Waals surface area contributed by atoms with Crippen LogP contribution in [0.4, 0.5) is 17.1 Å². The van der Waals surface area contributed by atoms with Gasteiger partial charge in [-0.25, -0.2) is 0 Å². The summed E-state index contributed by atoms with van der Waals surface area (Å²) in [5.74, 6) is 0. The molecule has 0 bridgehead atoms. The molecule has 1 aliphatic heterocycles. The average molecular weight is 377 g/mol. The summed E-state index contributed by atoms with van der Waals surface area (Å²) >= 11 is 0. The fraction of sp³-hybridized carbons (Fsp3) is 0.375. The minimum absolute atomic E-state index is 0.172. The van der Waals surface area contributed by atoms with Crippen molar-refractivity contribution < 1.29 is 0 Å². The third kappa shape index (κ3) is 3.39. The van der Waals surface area contributed by atoms with Crippen molar-refractivity contribution in [2.24, 2.45) is 0 Å². The lowest BCUT2D eigenvalue weighted by atomic mass is 9.76. The minimum Gasteiger partial charge on any atom is -0.378 e. The van der Waals surface area contributed by atoms with E-state index >= 15 is 0 Å². The maximum atomic E-state index is 7.74. The van der Waals surface area contributed by atoms with Gasteiger partial charge in [0.15, 0.2) is 0 Å². The first kappa shape index (κ1) is 20.0. The average Bonchev–Trinajstić information content (AvgIpc) is 2.90. The number of hydrogen-bond acceptors (Lipinski definition) is 4. The first-order chi connectivity index (χ1) is 13.3. The van der Waals surface area contributed by atoms with Crippen LogP contribution in [-0.4, -0.2) is 41.0 Å². The second-order valence-corrected chi connectivity index (χ2v) is 8.13. The summed E-state index contributed by atoms with van der Waals surface area (Å²) in [6.07, 6.45) is 4.29. The summed E-state index contributed by atoms with van der Waals surface area (Å²) in [6.45, 7) is 5.39. The van der Waals surface area contributed by atoms with E-state index in [1.807, 2.05) is 6.08 Å². The van der Waals surface area contributed by atoms with Crippen LogP contribution in [0.2, 0.25) is 0 Å². The van der Waals surface area contributed by atoms with E-state index in [1.54, 1.807) is 0 Å². The van der Waals surface area contributed by atoms with Gasteiger partial charge in [0, 0.05) is 69.1 Å². The van der Waals surface area contributed by atoms with Crippen molar-refractivity contribution in [3.05, 3.63) is 65.4 Å². The van der Waals surface area contributed by atoms with Crippen LogP contribution < -0.4 is 14.7 Å². The molecule has 1 unspecified atom stereocenters. The SMILES string of the molecule is CCN1/C(=C\C=N)C(C)(Cc2ccc(N(C)C)cc2)c2cc(N(C)C)ccc21. The van der Waals surface area contributed by atoms with E-state index in [-0.39, 0.29) is 5.41 Å². The molecule has 0 saturated carbocycles. The molecular formula is C24H32N4. The molecule has 28 heavy (non-hydrogen) atoms. The summed E-state index contributed by atoms with van der Waals surface area (Å²) in [6, 6.07) is 15.6. The monoisotopic (exact) mass is 376 g/mol. The fourth-order valence-electron chi connectivity index (χ4n) is 4.24. The van der Waals surface area contributed by atoms with Gasteiger partial charge in [0.25, 0.3) is 0 Å². The van der Waals surface area contributed by atoms with Gasteiger partial charge in [0.1, 0.15) is 0 Å². The Labute approximate surface area is 169 Å². The Balaban J connectivity index is 2.11. The molecule has 4 heteroatoms. The van der Waals surface area contributed by atoms with Crippen LogP contribution in [0.3, 0.4) is 0 Å². The number of allylic oxidation sites excluding steroid dienone is 2. The predicted octanol–water partition coefficient (Wildman–Crippen LogP) is 4.69. The third-order valence-electron chi connectivity index (χ3n) is 5.81. The van der Waals surface area contributed by atoms with Gasteiger partial charge in [-0.05, 0) is 67.8 Å². The Morgan fingerprint density at radius 1 is 0.964 bits per heavy atom. The Hall–Kier alpha value is -2.75. The van der Waals surface area contributed by atoms with Gasteiger partial charge in [-0.3, -0.25) is 0 Å². The van der Waals surface area contributed by atoms with Crippen LogP contribution in [0.5, 0.6) is 0 Å². The quantitative estimate of drug-likeness (QED) is 0.743. The van der Waals surface area contributed by atoms with Crippen LogP contribution in [0.15, 0.2) is 54.2 Å². The largest absolute Gasteiger partial charge is 0.378 e. The molecule has 1 atom stereocenters. The molecule has 0 amide bonds. The highest BCUT2D eigenvalue weighted by atomic mass is 15.2. The van der Waals surface area contributed by atoms with E-state index in [4.69, 9.17) is 5.41 Å². The molecule has 2 aromatic carbocycles. The second-order valence-electron chi connectivity index (χ2n) is 8.13. The normalized spacial score (nSPS) is 19.6. The van der Waals surface area contributed by atoms with Crippen molar-refractivity contribution in [3.8, 4) is 0 Å². The van der Waals surface area contributed by atoms with E-state index < -0.39 is 0 Å². The highest BCUT2D eigenvalue weighted by Crippen LogP contribution is 2.50. The van der Waals surface area contributed by atoms with Crippen molar-refractivity contribution in [3.63, 3.8) is 0 Å². The molecule has 1 aliphatic rings. The van der Waals surface area contributed by atoms with Crippen LogP contribution >= 0.6 is 0 Å². The highest BCUT2D eigenvalue weighted by molar-refractivity contribution is 5.80. The molecule has 0 fully saturated rings. The van der Waals surface area contributed by atoms with Crippen LogP contribution in [0.25, 0.3) is 0 Å². The van der Waals surface area contributed by atoms with E-state index in [2.05, 4.69) is 99.2 Å². The van der Waals surface area contributed by atoms with E-state index in [0.717, 1.165) is 13.0 Å². The number of likely N-dealkylation sites (N-methyl/N-ethyl adjacent to an activating group) is 1. The molecule has 0 radical (unpaired) electrons. The molecule has 0 saturated heterocycles. The van der Waals surface area contributed by atoms with Crippen LogP contribution in [-0.2, 0) is 11.8 Å². The number of nitrogens with one attached hydrogen (secondary N) is 1. The number of rotatable bonds is 6. The topological polar surface area (TPSA) is 33.6 Å². The summed E-state index contributed by atoms with van der Waals surface area (Å²) in [4.78, 5) is 6.63. The molecule has 1 N–H and O–H groups in total. The Kier molecular flexibility index (Phi) is 5.50. The van der Waals surface area contributed by atoms with Crippen molar-refractivity contribution in [2.75, 3.05) is 49.4 Å². The summed E-state index contributed by atoms with van der Waals surface area (Å²) in [7, 11) is 8.30. The number of nitrogens with zero attached hydrogens (tertiary/aromatic N) is 3. The summed E-state index contributed by atoms with van der Waals surface area (Å²) < 4.78 is 0. The van der Waals surface area contributed by atoms with Crippen molar-refractivity contribution >= 4 is 23.3 Å². The number of hydrogen-bond donors (Lipinski definition) is 1. The second kappa shape index (κ2) is 7.70. The highest BCUT2D eigenvalue weighted by Gasteiger charge is 2.43. The predicted molar refractivity (Wildman–Crippen MR) is 122 cm³/mol. The van der Waals surface area contributed by atoms with Gasteiger partial charge in [-0.2, -0.15) is 0 Å². The molecule has 0 aromatic heterocycles. The first-order valence-corrected chi connectivity index (χ1v) is 9.88. The van der Waals surface area contributed by atoms with Gasteiger partial charge >= 0.3 is 0 Å². The summed E-state index contributed by atoms with van der Waals surface area (Å²) in [5, 5.41) is 7.74. The Morgan fingerprint density at radius 2 is 1.57 bits per heavy atom. The van der Waals surface area contributed by atoms with Gasteiger partial charge in [0.2, 0.25) is 0 Å². The Bertz CT molecular complexity index is 880. The number of fused-ring (bicyclic) bond motifs is 1. The maximum absolute atomic E-state index is 7.74. The maximum Gasteiger partial charge on any atom is 0.0452 e. The van der Waals surface area contributed by atoms with Crippen LogP contribution in [0, 0.1) is 5.41 Å². The molecule has 1 heterocycles. The van der Waals surface area contributed by atoms with E-state index in [9.17, 15) is 0 Å². The standard InChI is InChI=1S/C24H32N4/c1-7-28-22-13-12-20(27(5)6)16-21(22)24(2,23(28)14-15-25)17-18-8-10-19(11-9-18)26(3)4/h8-16,25H,7,17H2,1-6H3/b23-14-,25-15?. The molecule has 0 spiro atoms. The summed E-state index contributed by atoms with van der Waals surface area (Å²) in [5.41, 5.74) is 7.35. The molecule has 0 aliphatic carbocycles. The lowest BCUT2D eigenvalue weighted by molar-refractivity contribution is 0.564. The van der Waals surface area contributed by atoms with E-state index in [0.29, 0.717) is 0 Å². The lowest BCUT2D eigenvalue weighted by Crippen LogP contribution is -2.30. The number of anilines is 3. The molecule has 3 rings (SSSR count). The zero-order valence-corrected chi connectivity index (χ0v) is 18.0. The van der Waals surface area contributed by atoms with Crippen LogP contribution in [0.1, 0.15) is 25.0 Å². The minimum atomic E-state index is -0.172. The van der Waals surface area contributed by atoms with Gasteiger partial charge in [-0.1, -0.05) is 12.1 Å². The Morgan fingerprint density at radius 3 is 2.11 bits per heavy atom. The van der Waals surface area contributed by atoms with Gasteiger partial charge < -0.3 is 20.1 Å². The fourth-order valence-corrected chi connectivity index (χ4v) is 4.24. The molecule has 148 valence electrons. The van der Waals surface area contributed by atoms with Gasteiger partial charge in [-0.15, -0.1) is 0 Å². The first-order valence-electron chi connectivity index (χ1n) is 9.88. The smallest absolute Gasteiger partial charge is 0.0452 e. The molecule has 2 aromatic rings. The third-order valence-corrected chi connectivity index (χ3v) is 5.81. The number of benzene rings is 2. The van der Waals surface area contributed by atoms with Gasteiger partial charge in [0.05, 0.1) is 0 Å². The zero-order valence-electron chi connectivity index (χ0n) is 18.0. The zero-order chi connectivity index (χ0) is 20.5. The molecular weight excluding hydrogens is 344 g/mol. The lowest BCUT2D eigenvalue weighted by Gasteiger charge is -2.30. The van der Waals surface area contributed by atoms with Crippen molar-refractivity contribution in [1.29, 1.82) is 5.41 Å². The van der Waals surface area contributed by atoms with Crippen molar-refractivity contribution in [2.45, 2.75) is 25.7 Å². The van der Waals surface area contributed by atoms with Crippen molar-refractivity contribution in [1.82, 2.24) is 0 Å². The molecule has 4 nitrogen and oxygen atoms in total.